The van der Waals surface area contributed by atoms with Gasteiger partial charge >= 0.3 is 5.69 Å². The van der Waals surface area contributed by atoms with E-state index in [4.69, 9.17) is 5.73 Å². The Kier molecular flexibility index (Phi) is 4.86. The zero-order valence-corrected chi connectivity index (χ0v) is 14.8. The van der Waals surface area contributed by atoms with E-state index in [0.717, 1.165) is 28.5 Å². The van der Waals surface area contributed by atoms with Crippen LogP contribution in [0, 0.1) is 3.57 Å². The average Bonchev–Trinajstić information content (AvgIpc) is 2.51. The van der Waals surface area contributed by atoms with Crippen molar-refractivity contribution in [1.29, 1.82) is 0 Å². The molecule has 1 atom stereocenters. The fourth-order valence-electron chi connectivity index (χ4n) is 2.94. The molecule has 0 aliphatic carbocycles. The van der Waals surface area contributed by atoms with Crippen molar-refractivity contribution in [1.82, 2.24) is 9.55 Å². The highest BCUT2D eigenvalue weighted by molar-refractivity contribution is 14.1. The minimum Gasteiger partial charge on any atom is -0.356 e. The number of H-pyrrole nitrogens is 1. The van der Waals surface area contributed by atoms with E-state index in [1.54, 1.807) is 4.57 Å². The fourth-order valence-corrected chi connectivity index (χ4v) is 3.50. The summed E-state index contributed by atoms with van der Waals surface area (Å²) < 4.78 is 2.71. The number of nitrogens with one attached hydrogen (secondary N) is 1. The number of benzene rings is 1. The SMILES string of the molecule is NC1CCCN(c2cc(=O)[nH]c(=O)n2Cc2ccccc2I)C1. The molecular formula is C16H19IN4O2. The minimum atomic E-state index is -0.383. The van der Waals surface area contributed by atoms with E-state index in [1.807, 2.05) is 29.2 Å². The van der Waals surface area contributed by atoms with E-state index in [-0.39, 0.29) is 17.3 Å². The summed E-state index contributed by atoms with van der Waals surface area (Å²) in [7, 11) is 0. The highest BCUT2D eigenvalue weighted by Crippen LogP contribution is 2.19. The van der Waals surface area contributed by atoms with E-state index in [1.165, 1.54) is 6.07 Å². The first kappa shape index (κ1) is 16.3. The van der Waals surface area contributed by atoms with Crippen LogP contribution in [0.5, 0.6) is 0 Å². The van der Waals surface area contributed by atoms with E-state index < -0.39 is 0 Å². The lowest BCUT2D eigenvalue weighted by atomic mass is 10.1. The van der Waals surface area contributed by atoms with Crippen molar-refractivity contribution in [3.05, 3.63) is 60.3 Å². The molecule has 1 aliphatic heterocycles. The van der Waals surface area contributed by atoms with E-state index >= 15 is 0 Å². The van der Waals surface area contributed by atoms with Crippen molar-refractivity contribution >= 4 is 28.4 Å². The van der Waals surface area contributed by atoms with Gasteiger partial charge in [-0.05, 0) is 47.1 Å². The van der Waals surface area contributed by atoms with E-state index in [0.29, 0.717) is 18.9 Å². The smallest absolute Gasteiger partial charge is 0.330 e. The molecule has 1 aromatic carbocycles. The molecule has 3 rings (SSSR count). The molecule has 23 heavy (non-hydrogen) atoms. The predicted molar refractivity (Wildman–Crippen MR) is 99.0 cm³/mol. The molecule has 2 aromatic rings. The predicted octanol–water partition coefficient (Wildman–Crippen LogP) is 1.12. The number of aromatic amines is 1. The lowest BCUT2D eigenvalue weighted by molar-refractivity contribution is 0.494. The minimum absolute atomic E-state index is 0.0726. The standard InChI is InChI=1S/C16H19IN4O2/c17-13-6-2-1-4-11(13)9-21-15(8-14(22)19-16(21)23)20-7-3-5-12(18)10-20/h1-2,4,6,8,12H,3,5,7,9-10,18H2,(H,19,22,23). The summed E-state index contributed by atoms with van der Waals surface area (Å²) in [5.41, 5.74) is 6.34. The summed E-state index contributed by atoms with van der Waals surface area (Å²) in [6, 6.07) is 9.47. The molecule has 7 heteroatoms. The maximum atomic E-state index is 12.3. The van der Waals surface area contributed by atoms with Gasteiger partial charge in [-0.15, -0.1) is 0 Å². The van der Waals surface area contributed by atoms with Crippen molar-refractivity contribution < 1.29 is 0 Å². The van der Waals surface area contributed by atoms with Gasteiger partial charge in [-0.25, -0.2) is 4.79 Å². The Hall–Kier alpha value is -1.61. The second-order valence-electron chi connectivity index (χ2n) is 5.82. The number of halogens is 1. The summed E-state index contributed by atoms with van der Waals surface area (Å²) in [5, 5.41) is 0. The lowest BCUT2D eigenvalue weighted by Gasteiger charge is -2.33. The topological polar surface area (TPSA) is 84.1 Å². The Morgan fingerprint density at radius 1 is 1.30 bits per heavy atom. The summed E-state index contributed by atoms with van der Waals surface area (Å²) in [4.78, 5) is 28.5. The Morgan fingerprint density at radius 2 is 2.09 bits per heavy atom. The number of anilines is 1. The van der Waals surface area contributed by atoms with Gasteiger partial charge in [-0.2, -0.15) is 0 Å². The third-order valence-electron chi connectivity index (χ3n) is 4.08. The second-order valence-corrected chi connectivity index (χ2v) is 6.99. The van der Waals surface area contributed by atoms with Crippen molar-refractivity contribution in [2.45, 2.75) is 25.4 Å². The molecule has 122 valence electrons. The van der Waals surface area contributed by atoms with Crippen LogP contribution in [-0.2, 0) is 6.54 Å². The highest BCUT2D eigenvalue weighted by atomic mass is 127. The highest BCUT2D eigenvalue weighted by Gasteiger charge is 2.21. The van der Waals surface area contributed by atoms with Crippen LogP contribution in [0.15, 0.2) is 39.9 Å². The van der Waals surface area contributed by atoms with Crippen LogP contribution in [0.25, 0.3) is 0 Å². The van der Waals surface area contributed by atoms with Crippen LogP contribution < -0.4 is 21.9 Å². The maximum absolute atomic E-state index is 12.3. The summed E-state index contributed by atoms with van der Waals surface area (Å²) in [6.07, 6.45) is 1.94. The van der Waals surface area contributed by atoms with Crippen molar-refractivity contribution in [3.8, 4) is 0 Å². The van der Waals surface area contributed by atoms with Gasteiger partial charge in [-0.3, -0.25) is 14.3 Å². The average molecular weight is 426 g/mol. The van der Waals surface area contributed by atoms with Gasteiger partial charge in [0.1, 0.15) is 5.82 Å². The third-order valence-corrected chi connectivity index (χ3v) is 5.13. The van der Waals surface area contributed by atoms with Gasteiger partial charge in [0.05, 0.1) is 6.54 Å². The Labute approximate surface area is 147 Å². The molecule has 3 N–H and O–H groups in total. The van der Waals surface area contributed by atoms with Crippen molar-refractivity contribution in [2.75, 3.05) is 18.0 Å². The number of hydrogen-bond acceptors (Lipinski definition) is 4. The van der Waals surface area contributed by atoms with Crippen LogP contribution >= 0.6 is 22.6 Å². The van der Waals surface area contributed by atoms with Gasteiger partial charge in [-0.1, -0.05) is 18.2 Å². The van der Waals surface area contributed by atoms with Gasteiger partial charge in [0.25, 0.3) is 5.56 Å². The molecule has 1 aromatic heterocycles. The van der Waals surface area contributed by atoms with Crippen LogP contribution in [0.1, 0.15) is 18.4 Å². The van der Waals surface area contributed by atoms with E-state index in [9.17, 15) is 9.59 Å². The largest absolute Gasteiger partial charge is 0.356 e. The van der Waals surface area contributed by atoms with Crippen LogP contribution in [-0.4, -0.2) is 28.7 Å². The van der Waals surface area contributed by atoms with E-state index in [2.05, 4.69) is 27.6 Å². The van der Waals surface area contributed by atoms with Crippen LogP contribution in [0.3, 0.4) is 0 Å². The fraction of sp³-hybridized carbons (Fsp3) is 0.375. The zero-order chi connectivity index (χ0) is 16.4. The molecule has 1 unspecified atom stereocenters. The molecule has 6 nitrogen and oxygen atoms in total. The second kappa shape index (κ2) is 6.88. The maximum Gasteiger partial charge on any atom is 0.330 e. The molecule has 1 saturated heterocycles. The van der Waals surface area contributed by atoms with Gasteiger partial charge in [0.15, 0.2) is 0 Å². The lowest BCUT2D eigenvalue weighted by Crippen LogP contribution is -2.46. The van der Waals surface area contributed by atoms with Gasteiger partial charge < -0.3 is 10.6 Å². The quantitative estimate of drug-likeness (QED) is 0.721. The van der Waals surface area contributed by atoms with Crippen molar-refractivity contribution in [3.63, 3.8) is 0 Å². The van der Waals surface area contributed by atoms with Gasteiger partial charge in [0, 0.05) is 28.8 Å². The first-order valence-corrected chi connectivity index (χ1v) is 8.70. The molecular weight excluding hydrogens is 407 g/mol. The monoisotopic (exact) mass is 426 g/mol. The number of aromatic nitrogens is 2. The zero-order valence-electron chi connectivity index (χ0n) is 12.7. The molecule has 0 bridgehead atoms. The molecule has 0 amide bonds. The molecule has 0 spiro atoms. The molecule has 0 saturated carbocycles. The number of hydrogen-bond donors (Lipinski definition) is 2. The molecule has 0 radical (unpaired) electrons. The summed E-state index contributed by atoms with van der Waals surface area (Å²) >= 11 is 2.25. The number of nitrogens with zero attached hydrogens (tertiary/aromatic N) is 2. The first-order valence-electron chi connectivity index (χ1n) is 7.62. The number of piperidine rings is 1. The van der Waals surface area contributed by atoms with Gasteiger partial charge in [0.2, 0.25) is 0 Å². The summed E-state index contributed by atoms with van der Waals surface area (Å²) in [6.45, 7) is 1.90. The van der Waals surface area contributed by atoms with Crippen LogP contribution in [0.4, 0.5) is 5.82 Å². The molecule has 1 aliphatic rings. The summed E-state index contributed by atoms with van der Waals surface area (Å²) in [5.74, 6) is 0.647. The Bertz CT molecular complexity index is 814. The first-order chi connectivity index (χ1) is 11.0. The third kappa shape index (κ3) is 3.66. The Morgan fingerprint density at radius 3 is 2.83 bits per heavy atom. The normalized spacial score (nSPS) is 18.2. The van der Waals surface area contributed by atoms with Crippen molar-refractivity contribution in [2.24, 2.45) is 5.73 Å². The molecule has 1 fully saturated rings. The number of rotatable bonds is 3. The number of nitrogens with two attached hydrogens (primary N) is 1. The van der Waals surface area contributed by atoms with Crippen LogP contribution in [0.2, 0.25) is 0 Å². The molecule has 2 heterocycles. The Balaban J connectivity index is 2.03.